The molecule has 0 spiro atoms. The van der Waals surface area contributed by atoms with Crippen molar-refractivity contribution in [3.05, 3.63) is 23.8 Å². The SMILES string of the molecule is CCOc1ccc(NC(=O)N2CCC[C@@H](O)C2)c(C(F)(F)F)c1. The third kappa shape index (κ3) is 4.51. The largest absolute Gasteiger partial charge is 0.494 e. The van der Waals surface area contributed by atoms with Gasteiger partial charge in [-0.15, -0.1) is 0 Å². The second-order valence-corrected chi connectivity index (χ2v) is 5.31. The van der Waals surface area contributed by atoms with Gasteiger partial charge in [0.1, 0.15) is 5.75 Å². The molecule has 0 unspecified atom stereocenters. The second kappa shape index (κ2) is 7.08. The molecular formula is C15H19F3N2O3. The highest BCUT2D eigenvalue weighted by molar-refractivity contribution is 5.90. The number of rotatable bonds is 3. The minimum Gasteiger partial charge on any atom is -0.494 e. The molecular weight excluding hydrogens is 313 g/mol. The molecule has 2 amide bonds. The van der Waals surface area contributed by atoms with Gasteiger partial charge in [-0.3, -0.25) is 0 Å². The van der Waals surface area contributed by atoms with Crippen LogP contribution in [0.15, 0.2) is 18.2 Å². The molecule has 0 aromatic heterocycles. The Morgan fingerprint density at radius 3 is 2.83 bits per heavy atom. The van der Waals surface area contributed by atoms with Gasteiger partial charge in [-0.2, -0.15) is 13.2 Å². The van der Waals surface area contributed by atoms with Crippen molar-refractivity contribution in [1.29, 1.82) is 0 Å². The zero-order chi connectivity index (χ0) is 17.0. The van der Waals surface area contributed by atoms with E-state index < -0.39 is 23.9 Å². The number of nitrogens with one attached hydrogen (secondary N) is 1. The Morgan fingerprint density at radius 2 is 2.22 bits per heavy atom. The Balaban J connectivity index is 2.19. The van der Waals surface area contributed by atoms with Crippen molar-refractivity contribution in [3.8, 4) is 5.75 Å². The number of aliphatic hydroxyl groups excluding tert-OH is 1. The summed E-state index contributed by atoms with van der Waals surface area (Å²) in [7, 11) is 0. The number of aliphatic hydroxyl groups is 1. The molecule has 8 heteroatoms. The number of ether oxygens (including phenoxy) is 1. The van der Waals surface area contributed by atoms with Crippen molar-refractivity contribution < 1.29 is 27.8 Å². The number of urea groups is 1. The average molecular weight is 332 g/mol. The summed E-state index contributed by atoms with van der Waals surface area (Å²) >= 11 is 0. The van der Waals surface area contributed by atoms with Crippen LogP contribution in [0.4, 0.5) is 23.7 Å². The fourth-order valence-corrected chi connectivity index (χ4v) is 2.46. The van der Waals surface area contributed by atoms with Gasteiger partial charge < -0.3 is 20.1 Å². The van der Waals surface area contributed by atoms with Gasteiger partial charge in [-0.05, 0) is 38.0 Å². The first kappa shape index (κ1) is 17.4. The number of alkyl halides is 3. The number of hydrogen-bond acceptors (Lipinski definition) is 3. The van der Waals surface area contributed by atoms with E-state index >= 15 is 0 Å². The summed E-state index contributed by atoms with van der Waals surface area (Å²) in [4.78, 5) is 13.4. The highest BCUT2D eigenvalue weighted by atomic mass is 19.4. The first-order valence-corrected chi connectivity index (χ1v) is 7.39. The van der Waals surface area contributed by atoms with Crippen LogP contribution in [-0.4, -0.2) is 41.8 Å². The number of benzene rings is 1. The minimum absolute atomic E-state index is 0.0891. The van der Waals surface area contributed by atoms with E-state index in [1.165, 1.54) is 17.0 Å². The number of carbonyl (C=O) groups is 1. The number of nitrogens with zero attached hydrogens (tertiary/aromatic N) is 1. The first-order chi connectivity index (χ1) is 10.8. The standard InChI is InChI=1S/C15H19F3N2O3/c1-2-23-11-5-6-13(12(8-11)15(16,17)18)19-14(22)20-7-3-4-10(21)9-20/h5-6,8,10,21H,2-4,7,9H2,1H3,(H,19,22)/t10-/m1/s1. The highest BCUT2D eigenvalue weighted by Gasteiger charge is 2.35. The van der Waals surface area contributed by atoms with Crippen LogP contribution in [-0.2, 0) is 6.18 Å². The molecule has 1 saturated heterocycles. The molecule has 1 aromatic carbocycles. The fraction of sp³-hybridized carbons (Fsp3) is 0.533. The molecule has 1 aliphatic rings. The van der Waals surface area contributed by atoms with E-state index in [4.69, 9.17) is 4.74 Å². The molecule has 1 atom stereocenters. The van der Waals surface area contributed by atoms with Crippen LogP contribution in [0, 0.1) is 0 Å². The quantitative estimate of drug-likeness (QED) is 0.894. The molecule has 1 aliphatic heterocycles. The van der Waals surface area contributed by atoms with Crippen LogP contribution in [0.5, 0.6) is 5.75 Å². The summed E-state index contributed by atoms with van der Waals surface area (Å²) in [5.41, 5.74) is -1.29. The number of piperidine rings is 1. The Bertz CT molecular complexity index is 563. The third-order valence-electron chi connectivity index (χ3n) is 3.53. The average Bonchev–Trinajstić information content (AvgIpc) is 2.48. The monoisotopic (exact) mass is 332 g/mol. The molecule has 0 radical (unpaired) electrons. The van der Waals surface area contributed by atoms with Crippen LogP contribution >= 0.6 is 0 Å². The van der Waals surface area contributed by atoms with Crippen molar-refractivity contribution in [1.82, 2.24) is 4.90 Å². The highest BCUT2D eigenvalue weighted by Crippen LogP contribution is 2.37. The summed E-state index contributed by atoms with van der Waals surface area (Å²) in [5.74, 6) is 0.0891. The van der Waals surface area contributed by atoms with Crippen LogP contribution in [0.3, 0.4) is 0 Å². The molecule has 2 rings (SSSR count). The van der Waals surface area contributed by atoms with Crippen molar-refractivity contribution in [2.24, 2.45) is 0 Å². The van der Waals surface area contributed by atoms with Gasteiger partial charge in [0.05, 0.1) is 24.0 Å². The first-order valence-electron chi connectivity index (χ1n) is 7.39. The zero-order valence-electron chi connectivity index (χ0n) is 12.7. The van der Waals surface area contributed by atoms with Gasteiger partial charge >= 0.3 is 12.2 Å². The van der Waals surface area contributed by atoms with Gasteiger partial charge in [-0.25, -0.2) is 4.79 Å². The van der Waals surface area contributed by atoms with Crippen molar-refractivity contribution >= 4 is 11.7 Å². The lowest BCUT2D eigenvalue weighted by molar-refractivity contribution is -0.137. The summed E-state index contributed by atoms with van der Waals surface area (Å²) in [6.45, 7) is 2.44. The Morgan fingerprint density at radius 1 is 1.48 bits per heavy atom. The third-order valence-corrected chi connectivity index (χ3v) is 3.53. The number of β-amino-alcohol motifs (C(OH)–C–C–N with tert-alkyl or cyclic N) is 1. The molecule has 1 heterocycles. The van der Waals surface area contributed by atoms with Crippen LogP contribution < -0.4 is 10.1 Å². The maximum atomic E-state index is 13.2. The molecule has 128 valence electrons. The number of likely N-dealkylation sites (tertiary alicyclic amines) is 1. The smallest absolute Gasteiger partial charge is 0.418 e. The van der Waals surface area contributed by atoms with Crippen LogP contribution in [0.2, 0.25) is 0 Å². The summed E-state index contributed by atoms with van der Waals surface area (Å²) in [5, 5.41) is 11.8. The lowest BCUT2D eigenvalue weighted by Gasteiger charge is -2.30. The Labute approximate surface area is 132 Å². The number of anilines is 1. The van der Waals surface area contributed by atoms with Crippen molar-refractivity contribution in [2.45, 2.75) is 32.0 Å². The van der Waals surface area contributed by atoms with Crippen LogP contribution in [0.25, 0.3) is 0 Å². The molecule has 0 aliphatic carbocycles. The Hall–Kier alpha value is -1.96. The zero-order valence-corrected chi connectivity index (χ0v) is 12.7. The lowest BCUT2D eigenvalue weighted by Crippen LogP contribution is -2.44. The van der Waals surface area contributed by atoms with E-state index in [2.05, 4.69) is 5.32 Å². The molecule has 5 nitrogen and oxygen atoms in total. The summed E-state index contributed by atoms with van der Waals surface area (Å²) in [6.07, 6.45) is -4.06. The van der Waals surface area contributed by atoms with Gasteiger partial charge in [0.25, 0.3) is 0 Å². The molecule has 1 fully saturated rings. The van der Waals surface area contributed by atoms with Gasteiger partial charge in [0.15, 0.2) is 0 Å². The van der Waals surface area contributed by atoms with Gasteiger partial charge in [0, 0.05) is 13.1 Å². The van der Waals surface area contributed by atoms with E-state index in [0.717, 1.165) is 6.07 Å². The lowest BCUT2D eigenvalue weighted by atomic mass is 10.1. The maximum absolute atomic E-state index is 13.2. The maximum Gasteiger partial charge on any atom is 0.418 e. The predicted molar refractivity (Wildman–Crippen MR) is 78.4 cm³/mol. The topological polar surface area (TPSA) is 61.8 Å². The van der Waals surface area contributed by atoms with Crippen LogP contribution in [0.1, 0.15) is 25.3 Å². The molecule has 0 saturated carbocycles. The number of halogens is 3. The number of amides is 2. The molecule has 1 aromatic rings. The summed E-state index contributed by atoms with van der Waals surface area (Å²) in [6, 6.07) is 2.76. The van der Waals surface area contributed by atoms with Crippen molar-refractivity contribution in [3.63, 3.8) is 0 Å². The second-order valence-electron chi connectivity index (χ2n) is 5.31. The fourth-order valence-electron chi connectivity index (χ4n) is 2.46. The number of carbonyl (C=O) groups excluding carboxylic acids is 1. The van der Waals surface area contributed by atoms with Gasteiger partial charge in [-0.1, -0.05) is 0 Å². The van der Waals surface area contributed by atoms with E-state index in [-0.39, 0.29) is 24.6 Å². The number of hydrogen-bond donors (Lipinski definition) is 2. The molecule has 2 N–H and O–H groups in total. The Kier molecular flexibility index (Phi) is 5.35. The van der Waals surface area contributed by atoms with Crippen molar-refractivity contribution in [2.75, 3.05) is 25.0 Å². The molecule has 0 bridgehead atoms. The van der Waals surface area contributed by atoms with E-state index in [1.54, 1.807) is 6.92 Å². The molecule has 23 heavy (non-hydrogen) atoms. The van der Waals surface area contributed by atoms with E-state index in [9.17, 15) is 23.1 Å². The normalized spacial score (nSPS) is 18.7. The minimum atomic E-state index is -4.61. The van der Waals surface area contributed by atoms with E-state index in [0.29, 0.717) is 19.4 Å². The predicted octanol–water partition coefficient (Wildman–Crippen LogP) is 3.09. The summed E-state index contributed by atoms with van der Waals surface area (Å²) < 4.78 is 44.6. The van der Waals surface area contributed by atoms with E-state index in [1.807, 2.05) is 0 Å². The van der Waals surface area contributed by atoms with Gasteiger partial charge in [0.2, 0.25) is 0 Å².